The van der Waals surface area contributed by atoms with E-state index in [0.717, 1.165) is 38.6 Å². The molecule has 0 fully saturated rings. The number of hydrogen-bond donors (Lipinski definition) is 1. The standard InChI is InChI=1S/C14H28N2O/c1-5-6-7-11-16(4)14(17)12(2)9-8-10-13(3)15/h5,12-13H,1,6-11,15H2,2-4H3. The fraction of sp³-hybridized carbons (Fsp3) is 0.786. The number of allylic oxidation sites excluding steroid dienone is 1. The summed E-state index contributed by atoms with van der Waals surface area (Å²) in [6.07, 6.45) is 6.83. The van der Waals surface area contributed by atoms with Crippen molar-refractivity contribution in [2.24, 2.45) is 11.7 Å². The van der Waals surface area contributed by atoms with E-state index in [4.69, 9.17) is 5.73 Å². The summed E-state index contributed by atoms with van der Waals surface area (Å²) in [7, 11) is 1.88. The van der Waals surface area contributed by atoms with E-state index in [-0.39, 0.29) is 17.9 Å². The van der Waals surface area contributed by atoms with Crippen LogP contribution in [0.25, 0.3) is 0 Å². The second kappa shape index (κ2) is 9.23. The fourth-order valence-electron chi connectivity index (χ4n) is 1.83. The molecule has 0 aliphatic rings. The summed E-state index contributed by atoms with van der Waals surface area (Å²) in [5, 5.41) is 0. The molecule has 0 spiro atoms. The van der Waals surface area contributed by atoms with Crippen LogP contribution < -0.4 is 5.73 Å². The molecule has 0 heterocycles. The lowest BCUT2D eigenvalue weighted by Crippen LogP contribution is -2.32. The number of rotatable bonds is 9. The summed E-state index contributed by atoms with van der Waals surface area (Å²) in [5.74, 6) is 0.362. The average molecular weight is 240 g/mol. The summed E-state index contributed by atoms with van der Waals surface area (Å²) in [5.41, 5.74) is 5.69. The average Bonchev–Trinajstić information content (AvgIpc) is 2.27. The second-order valence-electron chi connectivity index (χ2n) is 5.00. The Morgan fingerprint density at radius 1 is 1.35 bits per heavy atom. The van der Waals surface area contributed by atoms with Crippen LogP contribution >= 0.6 is 0 Å². The highest BCUT2D eigenvalue weighted by Gasteiger charge is 2.16. The Kier molecular flexibility index (Phi) is 8.78. The quantitative estimate of drug-likeness (QED) is 0.497. The summed E-state index contributed by atoms with van der Waals surface area (Å²) < 4.78 is 0. The first-order valence-electron chi connectivity index (χ1n) is 6.60. The maximum absolute atomic E-state index is 12.0. The molecule has 0 aromatic carbocycles. The molecule has 100 valence electrons. The number of nitrogens with two attached hydrogens (primary N) is 1. The molecule has 17 heavy (non-hydrogen) atoms. The van der Waals surface area contributed by atoms with Crippen LogP contribution in [0.3, 0.4) is 0 Å². The molecule has 0 aromatic rings. The van der Waals surface area contributed by atoms with Crippen LogP contribution in [-0.4, -0.2) is 30.4 Å². The molecule has 3 heteroatoms. The maximum atomic E-state index is 12.0. The molecule has 0 radical (unpaired) electrons. The lowest BCUT2D eigenvalue weighted by molar-refractivity contribution is -0.133. The zero-order valence-electron chi connectivity index (χ0n) is 11.6. The van der Waals surface area contributed by atoms with Crippen molar-refractivity contribution in [1.82, 2.24) is 4.90 Å². The van der Waals surface area contributed by atoms with Crippen molar-refractivity contribution in [3.8, 4) is 0 Å². The topological polar surface area (TPSA) is 46.3 Å². The van der Waals surface area contributed by atoms with Crippen LogP contribution in [-0.2, 0) is 4.79 Å². The van der Waals surface area contributed by atoms with Gasteiger partial charge in [0.05, 0.1) is 0 Å². The Balaban J connectivity index is 3.81. The molecule has 0 aliphatic carbocycles. The first-order valence-corrected chi connectivity index (χ1v) is 6.60. The van der Waals surface area contributed by atoms with Crippen LogP contribution in [0.1, 0.15) is 46.0 Å². The van der Waals surface area contributed by atoms with Gasteiger partial charge in [-0.2, -0.15) is 0 Å². The first kappa shape index (κ1) is 16.2. The van der Waals surface area contributed by atoms with Crippen molar-refractivity contribution >= 4 is 5.91 Å². The molecule has 0 aromatic heterocycles. The molecule has 2 N–H and O–H groups in total. The van der Waals surface area contributed by atoms with E-state index in [1.165, 1.54) is 0 Å². The first-order chi connectivity index (χ1) is 7.99. The van der Waals surface area contributed by atoms with Crippen molar-refractivity contribution < 1.29 is 4.79 Å². The number of carbonyl (C=O) groups is 1. The van der Waals surface area contributed by atoms with Gasteiger partial charge in [-0.1, -0.05) is 19.4 Å². The normalized spacial score (nSPS) is 14.1. The number of amides is 1. The van der Waals surface area contributed by atoms with Gasteiger partial charge in [-0.3, -0.25) is 4.79 Å². The molecule has 0 saturated heterocycles. The SMILES string of the molecule is C=CCCCN(C)C(=O)C(C)CCCC(C)N. The van der Waals surface area contributed by atoms with Crippen molar-refractivity contribution in [1.29, 1.82) is 0 Å². The molecule has 2 atom stereocenters. The molecule has 0 rings (SSSR count). The highest BCUT2D eigenvalue weighted by atomic mass is 16.2. The van der Waals surface area contributed by atoms with Gasteiger partial charge in [-0.25, -0.2) is 0 Å². The van der Waals surface area contributed by atoms with E-state index in [0.29, 0.717) is 0 Å². The third-order valence-electron chi connectivity index (χ3n) is 3.00. The van der Waals surface area contributed by atoms with Crippen molar-refractivity contribution in [2.75, 3.05) is 13.6 Å². The van der Waals surface area contributed by atoms with Gasteiger partial charge in [0.15, 0.2) is 0 Å². The summed E-state index contributed by atoms with van der Waals surface area (Å²) in [4.78, 5) is 13.8. The summed E-state index contributed by atoms with van der Waals surface area (Å²) in [6, 6.07) is 0.239. The van der Waals surface area contributed by atoms with Gasteiger partial charge in [-0.05, 0) is 32.6 Å². The smallest absolute Gasteiger partial charge is 0.225 e. The van der Waals surface area contributed by atoms with Crippen LogP contribution in [0.5, 0.6) is 0 Å². The maximum Gasteiger partial charge on any atom is 0.225 e. The van der Waals surface area contributed by atoms with Crippen LogP contribution in [0.2, 0.25) is 0 Å². The fourth-order valence-corrected chi connectivity index (χ4v) is 1.83. The Morgan fingerprint density at radius 2 is 2.00 bits per heavy atom. The molecule has 0 aliphatic heterocycles. The number of nitrogens with zero attached hydrogens (tertiary/aromatic N) is 1. The van der Waals surface area contributed by atoms with Gasteiger partial charge in [-0.15, -0.1) is 6.58 Å². The molecular weight excluding hydrogens is 212 g/mol. The Hall–Kier alpha value is -0.830. The van der Waals surface area contributed by atoms with E-state index in [1.807, 2.05) is 31.9 Å². The van der Waals surface area contributed by atoms with Crippen molar-refractivity contribution in [3.05, 3.63) is 12.7 Å². The van der Waals surface area contributed by atoms with E-state index >= 15 is 0 Å². The Morgan fingerprint density at radius 3 is 2.53 bits per heavy atom. The Labute approximate surface area is 106 Å². The molecule has 0 bridgehead atoms. The van der Waals surface area contributed by atoms with Crippen molar-refractivity contribution in [2.45, 2.75) is 52.0 Å². The molecule has 1 amide bonds. The predicted octanol–water partition coefficient (Wildman–Crippen LogP) is 2.56. The van der Waals surface area contributed by atoms with Crippen molar-refractivity contribution in [3.63, 3.8) is 0 Å². The number of hydrogen-bond acceptors (Lipinski definition) is 2. The van der Waals surface area contributed by atoms with E-state index in [1.54, 1.807) is 0 Å². The Bertz CT molecular complexity index is 226. The van der Waals surface area contributed by atoms with Crippen LogP contribution in [0.4, 0.5) is 0 Å². The molecule has 3 nitrogen and oxygen atoms in total. The van der Waals surface area contributed by atoms with E-state index in [9.17, 15) is 4.79 Å². The lowest BCUT2D eigenvalue weighted by Gasteiger charge is -2.21. The third-order valence-corrected chi connectivity index (χ3v) is 3.00. The largest absolute Gasteiger partial charge is 0.346 e. The van der Waals surface area contributed by atoms with Gasteiger partial charge in [0, 0.05) is 25.6 Å². The van der Waals surface area contributed by atoms with Gasteiger partial charge >= 0.3 is 0 Å². The van der Waals surface area contributed by atoms with Gasteiger partial charge in [0.2, 0.25) is 5.91 Å². The van der Waals surface area contributed by atoms with Gasteiger partial charge in [0.1, 0.15) is 0 Å². The van der Waals surface area contributed by atoms with Gasteiger partial charge < -0.3 is 10.6 Å². The van der Waals surface area contributed by atoms with E-state index in [2.05, 4.69) is 6.58 Å². The van der Waals surface area contributed by atoms with Gasteiger partial charge in [0.25, 0.3) is 0 Å². The minimum atomic E-state index is 0.113. The highest BCUT2D eigenvalue weighted by Crippen LogP contribution is 2.12. The predicted molar refractivity (Wildman–Crippen MR) is 73.7 cm³/mol. The minimum Gasteiger partial charge on any atom is -0.346 e. The lowest BCUT2D eigenvalue weighted by atomic mass is 10.0. The zero-order chi connectivity index (χ0) is 13.3. The highest BCUT2D eigenvalue weighted by molar-refractivity contribution is 5.78. The third kappa shape index (κ3) is 7.97. The molecule has 0 saturated carbocycles. The minimum absolute atomic E-state index is 0.113. The molecular formula is C14H28N2O. The summed E-state index contributed by atoms with van der Waals surface area (Å²) in [6.45, 7) is 8.52. The molecule has 2 unspecified atom stereocenters. The van der Waals surface area contributed by atoms with Crippen LogP contribution in [0.15, 0.2) is 12.7 Å². The number of carbonyl (C=O) groups excluding carboxylic acids is 1. The number of unbranched alkanes of at least 4 members (excludes halogenated alkanes) is 1. The second-order valence-corrected chi connectivity index (χ2v) is 5.00. The van der Waals surface area contributed by atoms with E-state index < -0.39 is 0 Å². The monoisotopic (exact) mass is 240 g/mol. The van der Waals surface area contributed by atoms with Crippen LogP contribution in [0, 0.1) is 5.92 Å². The zero-order valence-corrected chi connectivity index (χ0v) is 11.6. The summed E-state index contributed by atoms with van der Waals surface area (Å²) >= 11 is 0.